The number of unbranched alkanes of at least 4 members (excludes halogenated alkanes) is 13. The van der Waals surface area contributed by atoms with Crippen molar-refractivity contribution in [3.05, 3.63) is 11.9 Å². The van der Waals surface area contributed by atoms with E-state index in [1.165, 1.54) is 19.3 Å². The summed E-state index contributed by atoms with van der Waals surface area (Å²) in [4.78, 5) is 58.3. The molecule has 3 amide bonds. The molecule has 0 aliphatic rings. The lowest BCUT2D eigenvalue weighted by Crippen LogP contribution is -2.41. The molecule has 0 bridgehead atoms. The van der Waals surface area contributed by atoms with Crippen molar-refractivity contribution in [1.29, 1.82) is 0 Å². The molecule has 268 valence electrons. The largest absolute Gasteiger partial charge is 0.481 e. The van der Waals surface area contributed by atoms with Gasteiger partial charge in [0.25, 0.3) is 0 Å². The lowest BCUT2D eigenvalue weighted by molar-refractivity contribution is -0.142. The summed E-state index contributed by atoms with van der Waals surface area (Å²) in [5.41, 5.74) is 0.654. The van der Waals surface area contributed by atoms with Crippen LogP contribution in [0.1, 0.15) is 135 Å². The highest BCUT2D eigenvalue weighted by Gasteiger charge is 2.20. The molecule has 0 saturated carbocycles. The van der Waals surface area contributed by atoms with E-state index in [4.69, 9.17) is 9.84 Å². The van der Waals surface area contributed by atoms with Gasteiger partial charge in [-0.15, -0.1) is 5.10 Å². The van der Waals surface area contributed by atoms with Gasteiger partial charge in [-0.05, 0) is 25.7 Å². The minimum atomic E-state index is -1.17. The first kappa shape index (κ1) is 41.3. The number of carbonyl (C=O) groups is 5. The van der Waals surface area contributed by atoms with Crippen LogP contribution >= 0.6 is 0 Å². The van der Waals surface area contributed by atoms with E-state index in [0.29, 0.717) is 31.6 Å². The standard InChI is InChI=1S/C33H58N6O8/c1-2-3-16-22-35-33(46)47-25-21-27-26-39(38-37-27)24-23-34-29(40)20-19-28(32(44)45)36-30(41)17-14-12-10-8-6-4-5-7-9-11-13-15-18-31(42)43/h26,28H,2-25H2,1H3,(H,34,40)(H,35,46)(H,36,41)(H,42,43)(H,44,45). The van der Waals surface area contributed by atoms with Crippen LogP contribution < -0.4 is 16.0 Å². The molecule has 0 aliphatic heterocycles. The number of aromatic nitrogens is 3. The van der Waals surface area contributed by atoms with Gasteiger partial charge in [-0.3, -0.25) is 19.1 Å². The van der Waals surface area contributed by atoms with E-state index in [2.05, 4.69) is 33.2 Å². The smallest absolute Gasteiger partial charge is 0.407 e. The third kappa shape index (κ3) is 24.2. The summed E-state index contributed by atoms with van der Waals surface area (Å²) in [6, 6.07) is -1.12. The highest BCUT2D eigenvalue weighted by atomic mass is 16.5. The number of carboxylic acid groups (broad SMARTS) is 2. The van der Waals surface area contributed by atoms with Gasteiger partial charge < -0.3 is 30.9 Å². The van der Waals surface area contributed by atoms with Crippen LogP contribution in [0.5, 0.6) is 0 Å². The number of nitrogens with one attached hydrogen (secondary N) is 3. The normalized spacial score (nSPS) is 11.5. The van der Waals surface area contributed by atoms with E-state index in [1.807, 2.05) is 0 Å². The Morgan fingerprint density at radius 2 is 1.38 bits per heavy atom. The maximum absolute atomic E-state index is 12.3. The highest BCUT2D eigenvalue weighted by molar-refractivity contribution is 5.84. The van der Waals surface area contributed by atoms with E-state index in [9.17, 15) is 29.1 Å². The van der Waals surface area contributed by atoms with Crippen molar-refractivity contribution < 1.29 is 38.9 Å². The zero-order valence-electron chi connectivity index (χ0n) is 28.3. The number of alkyl carbamates (subject to hydrolysis) is 1. The van der Waals surface area contributed by atoms with Gasteiger partial charge in [0, 0.05) is 45.0 Å². The third-order valence-corrected chi connectivity index (χ3v) is 7.73. The average Bonchev–Trinajstić information content (AvgIpc) is 3.48. The predicted octanol–water partition coefficient (Wildman–Crippen LogP) is 4.75. The van der Waals surface area contributed by atoms with Gasteiger partial charge in [0.1, 0.15) is 6.04 Å². The molecule has 5 N–H and O–H groups in total. The van der Waals surface area contributed by atoms with Crippen molar-refractivity contribution in [3.63, 3.8) is 0 Å². The topological polar surface area (TPSA) is 202 Å². The summed E-state index contributed by atoms with van der Waals surface area (Å²) in [5.74, 6) is -2.53. The van der Waals surface area contributed by atoms with E-state index in [1.54, 1.807) is 10.9 Å². The first-order chi connectivity index (χ1) is 22.7. The number of carbonyl (C=O) groups excluding carboxylic acids is 3. The molecule has 1 unspecified atom stereocenters. The van der Waals surface area contributed by atoms with E-state index in [-0.39, 0.29) is 50.6 Å². The molecular weight excluding hydrogens is 608 g/mol. The first-order valence-corrected chi connectivity index (χ1v) is 17.5. The Labute approximate surface area is 279 Å². The SMILES string of the molecule is CCCCCNC(=O)OCCc1cn(CCNC(=O)CCC(NC(=O)CCCCCCCCCCCCCCC(=O)O)C(=O)O)nn1. The second kappa shape index (κ2) is 27.4. The molecule has 47 heavy (non-hydrogen) atoms. The molecule has 1 rings (SSSR count). The fourth-order valence-corrected chi connectivity index (χ4v) is 4.95. The van der Waals surface area contributed by atoms with Crippen LogP contribution in [-0.4, -0.2) is 80.8 Å². The zero-order valence-corrected chi connectivity index (χ0v) is 28.3. The van der Waals surface area contributed by atoms with Gasteiger partial charge in [0.15, 0.2) is 0 Å². The van der Waals surface area contributed by atoms with E-state index < -0.39 is 24.1 Å². The Balaban J connectivity index is 2.09. The molecule has 14 heteroatoms. The number of amides is 3. The molecule has 14 nitrogen and oxygen atoms in total. The monoisotopic (exact) mass is 666 g/mol. The van der Waals surface area contributed by atoms with E-state index >= 15 is 0 Å². The number of hydrogen-bond acceptors (Lipinski definition) is 8. The van der Waals surface area contributed by atoms with E-state index in [0.717, 1.165) is 70.6 Å². The molecule has 0 aromatic carbocycles. The maximum Gasteiger partial charge on any atom is 0.407 e. The second-order valence-electron chi connectivity index (χ2n) is 12.0. The predicted molar refractivity (Wildman–Crippen MR) is 177 cm³/mol. The van der Waals surface area contributed by atoms with Crippen LogP contribution in [0.4, 0.5) is 4.79 Å². The number of nitrogens with zero attached hydrogens (tertiary/aromatic N) is 3. The van der Waals surface area contributed by atoms with Gasteiger partial charge in [-0.1, -0.05) is 89.2 Å². The van der Waals surface area contributed by atoms with Gasteiger partial charge in [0.2, 0.25) is 11.8 Å². The molecule has 0 spiro atoms. The summed E-state index contributed by atoms with van der Waals surface area (Å²) in [6.07, 6.45) is 17.7. The molecule has 1 heterocycles. The Morgan fingerprint density at radius 1 is 0.766 bits per heavy atom. The van der Waals surface area contributed by atoms with Crippen LogP contribution in [0, 0.1) is 0 Å². The fourth-order valence-electron chi connectivity index (χ4n) is 4.95. The van der Waals surface area contributed by atoms with Gasteiger partial charge in [-0.2, -0.15) is 0 Å². The summed E-state index contributed by atoms with van der Waals surface area (Å²) in [7, 11) is 0. The van der Waals surface area contributed by atoms with Gasteiger partial charge >= 0.3 is 18.0 Å². The Hall–Kier alpha value is -3.71. The van der Waals surface area contributed by atoms with Crippen LogP contribution in [-0.2, 0) is 36.9 Å². The van der Waals surface area contributed by atoms with Crippen molar-refractivity contribution in [2.45, 2.75) is 148 Å². The fraction of sp³-hybridized carbons (Fsp3) is 0.788. The molecule has 1 aromatic heterocycles. The number of carboxylic acids is 2. The summed E-state index contributed by atoms with van der Waals surface area (Å²) in [5, 5.41) is 34.1. The lowest BCUT2D eigenvalue weighted by atomic mass is 10.0. The molecule has 0 fully saturated rings. The third-order valence-electron chi connectivity index (χ3n) is 7.73. The van der Waals surface area contributed by atoms with Gasteiger partial charge in [-0.25, -0.2) is 9.59 Å². The second-order valence-corrected chi connectivity index (χ2v) is 12.0. The van der Waals surface area contributed by atoms with Crippen molar-refractivity contribution >= 4 is 29.8 Å². The van der Waals surface area contributed by atoms with Crippen LogP contribution in [0.3, 0.4) is 0 Å². The van der Waals surface area contributed by atoms with Gasteiger partial charge in [0.05, 0.1) is 18.8 Å². The van der Waals surface area contributed by atoms with Crippen LogP contribution in [0.25, 0.3) is 0 Å². The van der Waals surface area contributed by atoms with Crippen molar-refractivity contribution in [2.75, 3.05) is 19.7 Å². The number of ether oxygens (including phenoxy) is 1. The number of hydrogen-bond donors (Lipinski definition) is 5. The molecule has 1 atom stereocenters. The molecule has 0 saturated heterocycles. The lowest BCUT2D eigenvalue weighted by Gasteiger charge is -2.14. The minimum Gasteiger partial charge on any atom is -0.481 e. The Kier molecular flexibility index (Phi) is 24.1. The van der Waals surface area contributed by atoms with Crippen LogP contribution in [0.2, 0.25) is 0 Å². The Morgan fingerprint density at radius 3 is 1.98 bits per heavy atom. The summed E-state index contributed by atoms with van der Waals surface area (Å²) < 4.78 is 6.70. The molecule has 1 aromatic rings. The number of aliphatic carboxylic acids is 2. The number of rotatable bonds is 30. The van der Waals surface area contributed by atoms with Crippen molar-refractivity contribution in [2.24, 2.45) is 0 Å². The highest BCUT2D eigenvalue weighted by Crippen LogP contribution is 2.13. The zero-order chi connectivity index (χ0) is 34.5. The van der Waals surface area contributed by atoms with Crippen molar-refractivity contribution in [1.82, 2.24) is 30.9 Å². The maximum atomic E-state index is 12.3. The first-order valence-electron chi connectivity index (χ1n) is 17.5. The minimum absolute atomic E-state index is 0.00506. The quantitative estimate of drug-likeness (QED) is 0.0713. The summed E-state index contributed by atoms with van der Waals surface area (Å²) >= 11 is 0. The Bertz CT molecular complexity index is 1030. The summed E-state index contributed by atoms with van der Waals surface area (Å²) in [6.45, 7) is 3.51. The van der Waals surface area contributed by atoms with Crippen LogP contribution in [0.15, 0.2) is 6.20 Å². The van der Waals surface area contributed by atoms with Crippen molar-refractivity contribution in [3.8, 4) is 0 Å². The molecule has 0 aliphatic carbocycles. The molecule has 0 radical (unpaired) electrons. The average molecular weight is 667 g/mol. The molecular formula is C33H58N6O8.